The number of allylic oxidation sites excluding steroid dienone is 3. The Bertz CT molecular complexity index is 143. The second-order valence-electron chi connectivity index (χ2n) is 1.84. The van der Waals surface area contributed by atoms with Gasteiger partial charge in [-0.3, -0.25) is 0 Å². The molecule has 0 aliphatic carbocycles. The second kappa shape index (κ2) is 3.96. The van der Waals surface area contributed by atoms with Crippen molar-refractivity contribution in [2.24, 2.45) is 5.73 Å². The summed E-state index contributed by atoms with van der Waals surface area (Å²) in [7, 11) is 0. The smallest absolute Gasteiger partial charge is 0.00565 e. The number of rotatable bonds is 3. The molecule has 0 fully saturated rings. The van der Waals surface area contributed by atoms with Gasteiger partial charge in [-0.05, 0) is 29.8 Å². The summed E-state index contributed by atoms with van der Waals surface area (Å²) in [6, 6.07) is 0. The lowest BCUT2D eigenvalue weighted by atomic mass is 10.1. The van der Waals surface area contributed by atoms with E-state index >= 15 is 0 Å². The molecule has 0 radical (unpaired) electrons. The molecule has 0 aromatic heterocycles. The van der Waals surface area contributed by atoms with Crippen LogP contribution in [-0.2, 0) is 0 Å². The first-order chi connectivity index (χ1) is 4.22. The zero-order chi connectivity index (χ0) is 7.28. The fourth-order valence-corrected chi connectivity index (χ4v) is 0.461. The molecule has 0 bridgehead atoms. The Balaban J connectivity index is 3.89. The summed E-state index contributed by atoms with van der Waals surface area (Å²) in [5.74, 6) is 0. The van der Waals surface area contributed by atoms with Crippen molar-refractivity contribution in [3.8, 4) is 0 Å². The molecule has 1 nitrogen and oxygen atoms in total. The van der Waals surface area contributed by atoms with Crippen LogP contribution in [0.2, 0.25) is 0 Å². The highest BCUT2D eigenvalue weighted by molar-refractivity contribution is 5.34. The lowest BCUT2D eigenvalue weighted by Gasteiger charge is -1.98. The first-order valence-electron chi connectivity index (χ1n) is 2.97. The first kappa shape index (κ1) is 8.02. The predicted octanol–water partition coefficient (Wildman–Crippen LogP) is 1.98. The molecule has 0 unspecified atom stereocenters. The van der Waals surface area contributed by atoms with Crippen molar-refractivity contribution in [3.05, 3.63) is 36.6 Å². The van der Waals surface area contributed by atoms with Gasteiger partial charge in [0.2, 0.25) is 0 Å². The maximum Gasteiger partial charge on any atom is -0.00565 e. The van der Waals surface area contributed by atoms with E-state index in [1.54, 1.807) is 6.08 Å². The van der Waals surface area contributed by atoms with Gasteiger partial charge in [-0.2, -0.15) is 0 Å². The maximum atomic E-state index is 5.14. The monoisotopic (exact) mass is 123 g/mol. The Morgan fingerprint density at radius 1 is 1.56 bits per heavy atom. The molecule has 0 amide bonds. The van der Waals surface area contributed by atoms with Crippen LogP contribution in [-0.4, -0.2) is 0 Å². The van der Waals surface area contributed by atoms with Crippen molar-refractivity contribution >= 4 is 0 Å². The van der Waals surface area contributed by atoms with Gasteiger partial charge < -0.3 is 5.73 Å². The van der Waals surface area contributed by atoms with Crippen LogP contribution in [0.5, 0.6) is 0 Å². The molecular weight excluding hydrogens is 110 g/mol. The van der Waals surface area contributed by atoms with Crippen molar-refractivity contribution < 1.29 is 0 Å². The van der Waals surface area contributed by atoms with Gasteiger partial charge >= 0.3 is 0 Å². The van der Waals surface area contributed by atoms with E-state index in [9.17, 15) is 0 Å². The van der Waals surface area contributed by atoms with Crippen molar-refractivity contribution in [3.63, 3.8) is 0 Å². The molecule has 0 heterocycles. The molecular formula is C8H13N. The minimum absolute atomic E-state index is 0.917. The van der Waals surface area contributed by atoms with Gasteiger partial charge in [0, 0.05) is 0 Å². The summed E-state index contributed by atoms with van der Waals surface area (Å²) in [6.45, 7) is 9.57. The van der Waals surface area contributed by atoms with E-state index in [1.807, 2.05) is 6.92 Å². The maximum absolute atomic E-state index is 5.14. The molecule has 0 rings (SSSR count). The summed E-state index contributed by atoms with van der Waals surface area (Å²) in [4.78, 5) is 0. The molecule has 1 heteroatoms. The fraction of sp³-hybridized carbons (Fsp3) is 0.250. The van der Waals surface area contributed by atoms with E-state index in [-0.39, 0.29) is 0 Å². The second-order valence-corrected chi connectivity index (χ2v) is 1.84. The Kier molecular flexibility index (Phi) is 3.52. The summed E-state index contributed by atoms with van der Waals surface area (Å²) >= 11 is 0. The molecule has 0 saturated heterocycles. The Morgan fingerprint density at radius 2 is 2.11 bits per heavy atom. The van der Waals surface area contributed by atoms with E-state index in [0.29, 0.717) is 0 Å². The summed E-state index contributed by atoms with van der Waals surface area (Å²) in [5, 5.41) is 0. The van der Waals surface area contributed by atoms with Gasteiger partial charge in [0.05, 0.1) is 0 Å². The molecule has 0 aliphatic heterocycles. The highest BCUT2D eigenvalue weighted by Crippen LogP contribution is 2.08. The van der Waals surface area contributed by atoms with Gasteiger partial charge in [0.25, 0.3) is 0 Å². The topological polar surface area (TPSA) is 26.0 Å². The molecule has 0 atom stereocenters. The third kappa shape index (κ3) is 2.75. The van der Waals surface area contributed by atoms with Crippen molar-refractivity contribution in [2.45, 2.75) is 13.3 Å². The number of hydrogen-bond donors (Lipinski definition) is 1. The molecule has 9 heavy (non-hydrogen) atoms. The average molecular weight is 123 g/mol. The van der Waals surface area contributed by atoms with E-state index in [1.165, 1.54) is 6.20 Å². The van der Waals surface area contributed by atoms with E-state index in [4.69, 9.17) is 5.73 Å². The van der Waals surface area contributed by atoms with Gasteiger partial charge in [-0.1, -0.05) is 20.1 Å². The lowest BCUT2D eigenvalue weighted by molar-refractivity contribution is 1.14. The third-order valence-corrected chi connectivity index (χ3v) is 1.18. The zero-order valence-corrected chi connectivity index (χ0v) is 5.85. The Labute approximate surface area is 56.6 Å². The highest BCUT2D eigenvalue weighted by Gasteiger charge is 1.89. The van der Waals surface area contributed by atoms with Crippen molar-refractivity contribution in [1.82, 2.24) is 0 Å². The van der Waals surface area contributed by atoms with Gasteiger partial charge in [0.1, 0.15) is 0 Å². The summed E-state index contributed by atoms with van der Waals surface area (Å²) in [5.41, 5.74) is 7.09. The van der Waals surface area contributed by atoms with Crippen LogP contribution in [0.3, 0.4) is 0 Å². The van der Waals surface area contributed by atoms with Crippen LogP contribution in [0, 0.1) is 0 Å². The van der Waals surface area contributed by atoms with Crippen LogP contribution in [0.4, 0.5) is 0 Å². The van der Waals surface area contributed by atoms with Crippen LogP contribution >= 0.6 is 0 Å². The lowest BCUT2D eigenvalue weighted by Crippen LogP contribution is -1.82. The van der Waals surface area contributed by atoms with Gasteiger partial charge in [-0.25, -0.2) is 0 Å². The first-order valence-corrected chi connectivity index (χ1v) is 2.97. The highest BCUT2D eigenvalue weighted by atomic mass is 14.5. The zero-order valence-electron chi connectivity index (χ0n) is 5.85. The molecule has 0 saturated carbocycles. The molecule has 2 N–H and O–H groups in total. The number of hydrogen-bond acceptors (Lipinski definition) is 1. The minimum atomic E-state index is 0.917. The minimum Gasteiger partial charge on any atom is -0.405 e. The summed E-state index contributed by atoms with van der Waals surface area (Å²) in [6.07, 6.45) is 4.16. The van der Waals surface area contributed by atoms with E-state index in [2.05, 4.69) is 13.2 Å². The van der Waals surface area contributed by atoms with Crippen molar-refractivity contribution in [1.29, 1.82) is 0 Å². The SMILES string of the molecule is C=C(/C=C/N)C(=C)CC. The van der Waals surface area contributed by atoms with Crippen LogP contribution in [0.15, 0.2) is 36.6 Å². The quantitative estimate of drug-likeness (QED) is 0.570. The van der Waals surface area contributed by atoms with E-state index in [0.717, 1.165) is 17.6 Å². The van der Waals surface area contributed by atoms with E-state index < -0.39 is 0 Å². The normalized spacial score (nSPS) is 9.89. The van der Waals surface area contributed by atoms with Gasteiger partial charge in [0.15, 0.2) is 0 Å². The average Bonchev–Trinajstić information content (AvgIpc) is 1.87. The van der Waals surface area contributed by atoms with Crippen LogP contribution in [0.1, 0.15) is 13.3 Å². The predicted molar refractivity (Wildman–Crippen MR) is 41.9 cm³/mol. The number of nitrogens with two attached hydrogens (primary N) is 1. The largest absolute Gasteiger partial charge is 0.405 e. The molecule has 0 aliphatic rings. The van der Waals surface area contributed by atoms with Crippen molar-refractivity contribution in [2.75, 3.05) is 0 Å². The van der Waals surface area contributed by atoms with Crippen LogP contribution in [0.25, 0.3) is 0 Å². The molecule has 50 valence electrons. The third-order valence-electron chi connectivity index (χ3n) is 1.18. The van der Waals surface area contributed by atoms with Gasteiger partial charge in [-0.15, -0.1) is 0 Å². The Morgan fingerprint density at radius 3 is 2.44 bits per heavy atom. The Hall–Kier alpha value is -0.980. The van der Waals surface area contributed by atoms with Crippen LogP contribution < -0.4 is 5.73 Å². The molecule has 0 aromatic carbocycles. The molecule has 0 aromatic rings. The standard InChI is InChI=1S/C8H13N/c1-4-7(2)8(3)5-6-9/h5-6H,2-4,9H2,1H3/b6-5+. The summed E-state index contributed by atoms with van der Waals surface area (Å²) < 4.78 is 0. The fourth-order valence-electron chi connectivity index (χ4n) is 0.461. The molecule has 0 spiro atoms.